The van der Waals surface area contributed by atoms with Crippen LogP contribution in [0.4, 0.5) is 25.4 Å². The summed E-state index contributed by atoms with van der Waals surface area (Å²) in [5.74, 6) is 1.06. The number of fused-ring (bicyclic) bond motifs is 2. The molecule has 5 saturated heterocycles. The molecule has 4 aromatic carbocycles. The van der Waals surface area contributed by atoms with Gasteiger partial charge in [0.2, 0.25) is 11.8 Å². The van der Waals surface area contributed by atoms with E-state index in [1.807, 2.05) is 35.8 Å². The number of hydrogen-bond donors (Lipinski definition) is 4. The van der Waals surface area contributed by atoms with Crippen molar-refractivity contribution in [3.05, 3.63) is 119 Å². The lowest BCUT2D eigenvalue weighted by atomic mass is 9.89. The van der Waals surface area contributed by atoms with Crippen LogP contribution in [0.1, 0.15) is 136 Å². The minimum Gasteiger partial charge on any atom is -0.453 e. The first-order chi connectivity index (χ1) is 37.5. The largest absolute Gasteiger partial charge is 0.453 e. The number of carbonyl (C=O) groups is 4. The highest BCUT2D eigenvalue weighted by Gasteiger charge is 2.42. The van der Waals surface area contributed by atoms with E-state index < -0.39 is 24.3 Å². The number of hydrogen-bond acceptors (Lipinski definition) is 11. The van der Waals surface area contributed by atoms with Crippen LogP contribution in [0.3, 0.4) is 0 Å². The molecule has 5 aliphatic heterocycles. The van der Waals surface area contributed by atoms with Crippen molar-refractivity contribution in [2.45, 2.75) is 120 Å². The van der Waals surface area contributed by atoms with E-state index in [0.717, 1.165) is 103 Å². The van der Waals surface area contributed by atoms with Gasteiger partial charge in [-0.3, -0.25) is 9.59 Å². The zero-order valence-electron chi connectivity index (χ0n) is 44.5. The number of ether oxygens (including phenoxy) is 3. The predicted molar refractivity (Wildman–Crippen MR) is 291 cm³/mol. The number of alkyl carbamates (subject to hydrolysis) is 2. The van der Waals surface area contributed by atoms with Crippen LogP contribution in [0.2, 0.25) is 0 Å². The van der Waals surface area contributed by atoms with Gasteiger partial charge in [0.1, 0.15) is 29.5 Å². The molecule has 5 aliphatic rings. The predicted octanol–water partition coefficient (Wildman–Crippen LogP) is 9.90. The fraction of sp³-hybridized carbons (Fsp3) is 0.492. The summed E-state index contributed by atoms with van der Waals surface area (Å²) in [5, 5.41) is 5.59. The number of methoxy groups -OCH3 is 2. The maximum absolute atomic E-state index is 16.9. The molecule has 4 amide bonds. The summed E-state index contributed by atoms with van der Waals surface area (Å²) in [7, 11) is 2.60. The second-order valence-electron chi connectivity index (χ2n) is 21.9. The fourth-order valence-electron chi connectivity index (χ4n) is 13.0. The van der Waals surface area contributed by atoms with Crippen molar-refractivity contribution in [1.82, 2.24) is 40.4 Å². The molecule has 5 fully saturated rings. The van der Waals surface area contributed by atoms with Gasteiger partial charge < -0.3 is 54.4 Å². The van der Waals surface area contributed by atoms with Gasteiger partial charge in [-0.2, -0.15) is 0 Å². The van der Waals surface area contributed by atoms with Gasteiger partial charge in [0, 0.05) is 45.1 Å². The number of rotatable bonds is 13. The molecule has 4 N–H and O–H groups in total. The first kappa shape index (κ1) is 51.9. The third kappa shape index (κ3) is 10.5. The topological polar surface area (TPSA) is 190 Å². The zero-order valence-corrected chi connectivity index (χ0v) is 44.5. The van der Waals surface area contributed by atoms with Gasteiger partial charge in [0.05, 0.1) is 66.1 Å². The molecular weight excluding hydrogens is 980 g/mol. The lowest BCUT2D eigenvalue weighted by molar-refractivity contribution is -0.137. The lowest BCUT2D eigenvalue weighted by Crippen LogP contribution is -2.53. The molecule has 17 nitrogen and oxygen atoms in total. The van der Waals surface area contributed by atoms with E-state index in [1.54, 1.807) is 6.07 Å². The summed E-state index contributed by atoms with van der Waals surface area (Å²) in [6.07, 6.45) is 6.60. The number of likely N-dealkylation sites (tertiary alicyclic amines) is 2. The summed E-state index contributed by atoms with van der Waals surface area (Å²) in [5.41, 5.74) is 8.08. The molecule has 7 heterocycles. The monoisotopic (exact) mass is 1050 g/mol. The van der Waals surface area contributed by atoms with E-state index >= 15 is 4.39 Å². The minimum absolute atomic E-state index is 0.0733. The van der Waals surface area contributed by atoms with Crippen molar-refractivity contribution in [1.29, 1.82) is 0 Å². The van der Waals surface area contributed by atoms with E-state index in [0.29, 0.717) is 62.4 Å². The summed E-state index contributed by atoms with van der Waals surface area (Å²) in [6.45, 7) is 7.51. The number of benzene rings is 4. The molecule has 0 spiro atoms. The number of aromatic amines is 2. The summed E-state index contributed by atoms with van der Waals surface area (Å²) in [6, 6.07) is 26.6. The first-order valence-corrected chi connectivity index (χ1v) is 27.7. The van der Waals surface area contributed by atoms with Crippen molar-refractivity contribution in [3.8, 4) is 0 Å². The van der Waals surface area contributed by atoms with Gasteiger partial charge in [-0.05, 0) is 141 Å². The van der Waals surface area contributed by atoms with Gasteiger partial charge in [-0.25, -0.2) is 23.9 Å². The van der Waals surface area contributed by atoms with E-state index in [-0.39, 0.29) is 53.6 Å². The number of nitrogens with one attached hydrogen (secondary N) is 4. The maximum atomic E-state index is 16.9. The van der Waals surface area contributed by atoms with Crippen molar-refractivity contribution >= 4 is 57.4 Å². The Labute approximate surface area is 448 Å². The number of amides is 4. The normalized spacial score (nSPS) is 22.3. The number of piperidine rings is 1. The van der Waals surface area contributed by atoms with Crippen LogP contribution in [0.25, 0.3) is 22.1 Å². The Hall–Kier alpha value is -7.21. The lowest BCUT2D eigenvalue weighted by Gasteiger charge is -2.36. The van der Waals surface area contributed by atoms with Crippen molar-refractivity contribution in [3.63, 3.8) is 0 Å². The van der Waals surface area contributed by atoms with E-state index in [4.69, 9.17) is 24.2 Å². The molecule has 0 bridgehead atoms. The fourth-order valence-corrected chi connectivity index (χ4v) is 13.0. The van der Waals surface area contributed by atoms with Crippen LogP contribution in [-0.4, -0.2) is 119 Å². The molecule has 0 unspecified atom stereocenters. The number of anilines is 2. The Morgan fingerprint density at radius 2 is 1.21 bits per heavy atom. The maximum Gasteiger partial charge on any atom is 0.407 e. The first-order valence-electron chi connectivity index (χ1n) is 27.7. The van der Waals surface area contributed by atoms with Crippen molar-refractivity contribution in [2.75, 3.05) is 63.4 Å². The molecule has 6 aromatic rings. The number of H-pyrrole nitrogens is 2. The molecule has 406 valence electrons. The number of carbonyl (C=O) groups excluding carboxylic acids is 4. The average Bonchev–Trinajstić information content (AvgIpc) is 4.43. The summed E-state index contributed by atoms with van der Waals surface area (Å²) >= 11 is 0. The summed E-state index contributed by atoms with van der Waals surface area (Å²) < 4.78 is 32.3. The average molecular weight is 1050 g/mol. The van der Waals surface area contributed by atoms with E-state index in [9.17, 15) is 19.2 Å². The molecule has 0 radical (unpaired) electrons. The molecule has 18 heteroatoms. The molecule has 11 rings (SSSR count). The van der Waals surface area contributed by atoms with E-state index in [2.05, 4.69) is 97.1 Å². The number of imidazole rings is 2. The Balaban J connectivity index is 0.889. The molecule has 77 heavy (non-hydrogen) atoms. The van der Waals surface area contributed by atoms with Gasteiger partial charge in [-0.15, -0.1) is 0 Å². The van der Waals surface area contributed by atoms with Crippen molar-refractivity contribution < 1.29 is 37.8 Å². The Morgan fingerprint density at radius 1 is 0.636 bits per heavy atom. The minimum atomic E-state index is -0.742. The second kappa shape index (κ2) is 22.4. The zero-order chi connectivity index (χ0) is 53.3. The van der Waals surface area contributed by atoms with Gasteiger partial charge in [0.15, 0.2) is 0 Å². The Bertz CT molecular complexity index is 3100. The van der Waals surface area contributed by atoms with Crippen LogP contribution < -0.4 is 20.4 Å². The standard InChI is InChI=1S/C59H71FN10O7/c1-35(2)52(65-58(73)75-3)56(71)68-26-8-12-50(68)54-61-43-17-14-39(32-45(43)63-54)47-20-21-48(70(47)41-16-19-49(42(60)34-41)67-28-22-37(23-29-67)36-10-6-5-7-11-36)40-15-18-44-46(33-40)64-55(62-44)51-13-9-27-69(51)57(72)53(66-59(74)76-4)38-24-30-77-31-25-38/h5-7,10-11,14-19,32-35,37-38,47-48,50-53H,8-9,12-13,20-31H2,1-4H3,(H,61,63)(H,62,64)(H,65,73)(H,66,74)/t47-,48-,50+,51+,52+,53+/m1/s1. The van der Waals surface area contributed by atoms with Crippen LogP contribution in [0.5, 0.6) is 0 Å². The van der Waals surface area contributed by atoms with Crippen LogP contribution in [0, 0.1) is 17.7 Å². The third-order valence-corrected chi connectivity index (χ3v) is 17.1. The van der Waals surface area contributed by atoms with Crippen LogP contribution >= 0.6 is 0 Å². The third-order valence-electron chi connectivity index (χ3n) is 17.1. The molecule has 2 aromatic heterocycles. The number of nitrogens with zero attached hydrogens (tertiary/aromatic N) is 6. The van der Waals surface area contributed by atoms with Crippen molar-refractivity contribution in [2.24, 2.45) is 11.8 Å². The summed E-state index contributed by atoms with van der Waals surface area (Å²) in [4.78, 5) is 78.8. The van der Waals surface area contributed by atoms with Gasteiger partial charge >= 0.3 is 12.2 Å². The molecular formula is C59H71FN10O7. The highest BCUT2D eigenvalue weighted by Crippen LogP contribution is 2.49. The highest BCUT2D eigenvalue weighted by molar-refractivity contribution is 5.88. The smallest absolute Gasteiger partial charge is 0.407 e. The molecule has 0 aliphatic carbocycles. The number of halogens is 1. The second-order valence-corrected chi connectivity index (χ2v) is 21.9. The van der Waals surface area contributed by atoms with E-state index in [1.165, 1.54) is 19.8 Å². The molecule has 0 saturated carbocycles. The molecule has 6 atom stereocenters. The van der Waals surface area contributed by atoms with Gasteiger partial charge in [0.25, 0.3) is 0 Å². The van der Waals surface area contributed by atoms with Crippen LogP contribution in [-0.2, 0) is 23.8 Å². The quantitative estimate of drug-likeness (QED) is 0.0861. The van der Waals surface area contributed by atoms with Crippen LogP contribution in [0.15, 0.2) is 84.9 Å². The number of aromatic nitrogens is 4. The Kier molecular flexibility index (Phi) is 15.1. The highest BCUT2D eigenvalue weighted by atomic mass is 19.1. The Morgan fingerprint density at radius 3 is 1.77 bits per heavy atom. The van der Waals surface area contributed by atoms with Gasteiger partial charge in [-0.1, -0.05) is 56.3 Å². The SMILES string of the molecule is COC(=O)N[C@H](C(=O)N1CCC[C@H]1c1nc2cc([C@H]3CC[C@H](c4ccc5[nH]c([C@@H]6CCCN6C(=O)[C@@H](NC(=O)OC)C6CCOCC6)nc5c4)N3c3ccc(N4CCC(c5ccccc5)CC4)c(F)c3)ccc2[nH]1)C(C)C.